The van der Waals surface area contributed by atoms with Crippen molar-refractivity contribution in [3.8, 4) is 11.8 Å². The molecule has 1 aromatic carbocycles. The van der Waals surface area contributed by atoms with Gasteiger partial charge in [0.25, 0.3) is 0 Å². The van der Waals surface area contributed by atoms with Gasteiger partial charge in [0.15, 0.2) is 0 Å². The van der Waals surface area contributed by atoms with Crippen molar-refractivity contribution in [1.82, 2.24) is 0 Å². The highest BCUT2D eigenvalue weighted by Crippen LogP contribution is 2.30. The monoisotopic (exact) mass is 333 g/mol. The van der Waals surface area contributed by atoms with Crippen LogP contribution in [0.3, 0.4) is 0 Å². The average Bonchev–Trinajstić information content (AvgIpc) is 2.31. The molecular formula is C14H17ClFNO3S. The van der Waals surface area contributed by atoms with Gasteiger partial charge < -0.3 is 4.74 Å². The highest BCUT2D eigenvalue weighted by molar-refractivity contribution is 8.13. The van der Waals surface area contributed by atoms with E-state index in [1.807, 2.05) is 20.8 Å². The molecule has 0 saturated heterocycles. The molecule has 0 heterocycles. The fraction of sp³-hybridized carbons (Fsp3) is 0.500. The Bertz CT molecular complexity index is 647. The van der Waals surface area contributed by atoms with Gasteiger partial charge in [-0.15, -0.1) is 0 Å². The van der Waals surface area contributed by atoms with Crippen LogP contribution in [-0.4, -0.2) is 20.8 Å². The Morgan fingerprint density at radius 2 is 2.05 bits per heavy atom. The minimum Gasteiger partial charge on any atom is -0.492 e. The molecule has 1 rings (SSSR count). The maximum Gasteiger partial charge on any atom is 0.233 e. The molecule has 0 radical (unpaired) electrons. The Kier molecular flexibility index (Phi) is 5.60. The van der Waals surface area contributed by atoms with Crippen molar-refractivity contribution in [3.63, 3.8) is 0 Å². The van der Waals surface area contributed by atoms with Gasteiger partial charge >= 0.3 is 0 Å². The summed E-state index contributed by atoms with van der Waals surface area (Å²) in [7, 11) is 1.62. The summed E-state index contributed by atoms with van der Waals surface area (Å²) in [5.74, 6) is -1.23. The van der Waals surface area contributed by atoms with E-state index in [1.165, 1.54) is 12.1 Å². The number of benzene rings is 1. The van der Waals surface area contributed by atoms with Crippen LogP contribution < -0.4 is 4.74 Å². The quantitative estimate of drug-likeness (QED) is 0.775. The van der Waals surface area contributed by atoms with E-state index in [-0.39, 0.29) is 29.1 Å². The molecule has 0 aliphatic heterocycles. The van der Waals surface area contributed by atoms with Gasteiger partial charge in [-0.05, 0) is 17.5 Å². The smallest absolute Gasteiger partial charge is 0.233 e. The topological polar surface area (TPSA) is 67.2 Å². The van der Waals surface area contributed by atoms with Gasteiger partial charge in [-0.3, -0.25) is 0 Å². The summed E-state index contributed by atoms with van der Waals surface area (Å²) in [6.45, 7) is 5.60. The van der Waals surface area contributed by atoms with E-state index in [0.717, 1.165) is 6.07 Å². The van der Waals surface area contributed by atoms with Gasteiger partial charge in [0.05, 0.1) is 12.4 Å². The molecule has 1 unspecified atom stereocenters. The molecule has 4 nitrogen and oxygen atoms in total. The second kappa shape index (κ2) is 6.63. The zero-order valence-electron chi connectivity index (χ0n) is 12.1. The molecule has 1 aromatic rings. The van der Waals surface area contributed by atoms with Gasteiger partial charge in [0, 0.05) is 16.6 Å². The molecule has 7 heteroatoms. The Labute approximate surface area is 128 Å². The van der Waals surface area contributed by atoms with Crippen molar-refractivity contribution in [2.24, 2.45) is 11.3 Å². The lowest BCUT2D eigenvalue weighted by Gasteiger charge is -2.29. The fourth-order valence-electron chi connectivity index (χ4n) is 1.71. The summed E-state index contributed by atoms with van der Waals surface area (Å²) < 4.78 is 41.5. The van der Waals surface area contributed by atoms with Crippen LogP contribution >= 0.6 is 10.7 Å². The molecule has 1 atom stereocenters. The lowest BCUT2D eigenvalue weighted by molar-refractivity contribution is 0.163. The van der Waals surface area contributed by atoms with Crippen molar-refractivity contribution in [1.29, 1.82) is 5.26 Å². The zero-order chi connectivity index (χ0) is 16.3. The third-order valence-electron chi connectivity index (χ3n) is 3.15. The summed E-state index contributed by atoms with van der Waals surface area (Å²) >= 11 is 0. The Morgan fingerprint density at radius 1 is 1.43 bits per heavy atom. The Morgan fingerprint density at radius 3 is 2.52 bits per heavy atom. The summed E-state index contributed by atoms with van der Waals surface area (Å²) in [4.78, 5) is 0. The first-order valence-electron chi connectivity index (χ1n) is 6.28. The average molecular weight is 334 g/mol. The van der Waals surface area contributed by atoms with E-state index < -0.39 is 20.8 Å². The number of nitriles is 1. The molecule has 0 aliphatic rings. The number of rotatable bonds is 5. The summed E-state index contributed by atoms with van der Waals surface area (Å²) in [6.07, 6.45) is 0. The maximum atomic E-state index is 13.5. The first kappa shape index (κ1) is 17.7. The van der Waals surface area contributed by atoms with Crippen molar-refractivity contribution in [2.75, 3.05) is 12.4 Å². The molecular weight excluding hydrogens is 317 g/mol. The highest BCUT2D eigenvalue weighted by atomic mass is 35.7. The Balaban J connectivity index is 2.93. The number of hydrogen-bond donors (Lipinski definition) is 0. The number of halogens is 2. The van der Waals surface area contributed by atoms with Crippen LogP contribution in [-0.2, 0) is 9.05 Å². The summed E-state index contributed by atoms with van der Waals surface area (Å²) in [5.41, 5.74) is -0.568. The summed E-state index contributed by atoms with van der Waals surface area (Å²) in [5, 5.41) is 8.92. The van der Waals surface area contributed by atoms with E-state index >= 15 is 0 Å². The second-order valence-electron chi connectivity index (χ2n) is 5.80. The molecule has 0 saturated carbocycles. The van der Waals surface area contributed by atoms with Gasteiger partial charge in [-0.2, -0.15) is 5.26 Å². The van der Waals surface area contributed by atoms with E-state index in [2.05, 4.69) is 0 Å². The molecule has 0 aromatic heterocycles. The first-order valence-corrected chi connectivity index (χ1v) is 8.76. The minimum atomic E-state index is -3.68. The van der Waals surface area contributed by atoms with Crippen LogP contribution in [0.25, 0.3) is 0 Å². The van der Waals surface area contributed by atoms with Crippen molar-refractivity contribution >= 4 is 19.7 Å². The van der Waals surface area contributed by atoms with Gasteiger partial charge in [0.1, 0.15) is 23.2 Å². The number of nitrogens with zero attached hydrogens (tertiary/aromatic N) is 1. The van der Waals surface area contributed by atoms with E-state index in [4.69, 9.17) is 20.7 Å². The van der Waals surface area contributed by atoms with Crippen molar-refractivity contribution in [2.45, 2.75) is 20.8 Å². The standard InChI is InChI=1S/C14H17ClFNO3S/c1-14(2,3)10(9-21(15,18)19)8-20-13-6-4-5-12(16)11(13)7-17/h4-6,10H,8-9H2,1-3H3. The van der Waals surface area contributed by atoms with E-state index in [1.54, 1.807) is 6.07 Å². The molecule has 0 aliphatic carbocycles. The van der Waals surface area contributed by atoms with E-state index in [9.17, 15) is 12.8 Å². The van der Waals surface area contributed by atoms with Crippen LogP contribution in [0, 0.1) is 28.5 Å². The van der Waals surface area contributed by atoms with Crippen molar-refractivity contribution < 1.29 is 17.5 Å². The maximum absolute atomic E-state index is 13.5. The van der Waals surface area contributed by atoms with Crippen LogP contribution in [0.15, 0.2) is 18.2 Å². The molecule has 0 N–H and O–H groups in total. The number of ether oxygens (including phenoxy) is 1. The lowest BCUT2D eigenvalue weighted by Crippen LogP contribution is -2.32. The van der Waals surface area contributed by atoms with Crippen LogP contribution in [0.4, 0.5) is 4.39 Å². The van der Waals surface area contributed by atoms with Crippen LogP contribution in [0.2, 0.25) is 0 Å². The SMILES string of the molecule is CC(C)(C)C(COc1cccc(F)c1C#N)CS(=O)(=O)Cl. The predicted molar refractivity (Wildman–Crippen MR) is 79.2 cm³/mol. The van der Waals surface area contributed by atoms with Crippen molar-refractivity contribution in [3.05, 3.63) is 29.6 Å². The minimum absolute atomic E-state index is 0.0214. The highest BCUT2D eigenvalue weighted by Gasteiger charge is 2.30. The zero-order valence-corrected chi connectivity index (χ0v) is 13.6. The molecule has 0 amide bonds. The molecule has 21 heavy (non-hydrogen) atoms. The lowest BCUT2D eigenvalue weighted by atomic mass is 9.82. The second-order valence-corrected chi connectivity index (χ2v) is 8.63. The fourth-order valence-corrected chi connectivity index (χ4v) is 3.25. The van der Waals surface area contributed by atoms with Crippen LogP contribution in [0.1, 0.15) is 26.3 Å². The predicted octanol–water partition coefficient (Wildman–Crippen LogP) is 3.31. The first-order chi connectivity index (χ1) is 9.54. The third-order valence-corrected chi connectivity index (χ3v) is 4.33. The van der Waals surface area contributed by atoms with Crippen LogP contribution in [0.5, 0.6) is 5.75 Å². The Hall–Kier alpha value is -1.32. The molecule has 0 fully saturated rings. The molecule has 0 bridgehead atoms. The number of hydrogen-bond acceptors (Lipinski definition) is 4. The normalized spacial score (nSPS) is 13.5. The van der Waals surface area contributed by atoms with E-state index in [0.29, 0.717) is 0 Å². The molecule has 116 valence electrons. The third kappa shape index (κ3) is 5.52. The molecule has 0 spiro atoms. The largest absolute Gasteiger partial charge is 0.492 e. The van der Waals surface area contributed by atoms with Gasteiger partial charge in [0.2, 0.25) is 9.05 Å². The van der Waals surface area contributed by atoms with Gasteiger partial charge in [-0.25, -0.2) is 12.8 Å². The van der Waals surface area contributed by atoms with Gasteiger partial charge in [-0.1, -0.05) is 26.8 Å². The summed E-state index contributed by atoms with van der Waals surface area (Å²) in [6, 6.07) is 5.79.